The van der Waals surface area contributed by atoms with Gasteiger partial charge in [-0.05, 0) is 48.1 Å². The molecule has 0 N–H and O–H groups in total. The predicted molar refractivity (Wildman–Crippen MR) is 245 cm³/mol. The SMILES string of the molecule is C=C(/C(=C(\C)C(C)C)n1c(-c2[c-]ccc3c2oc2ccccc23)nc2ccccc21)C(C)C.Cc1cccc(C)c1-c1cc(-c2[c-]cccc2)nc[c]1[Ge]([CH3])([CH3])[CH3].[Ir]. The number of pyridine rings is 1. The fourth-order valence-corrected chi connectivity index (χ4v) is 10.7. The van der Waals surface area contributed by atoms with E-state index in [1.54, 1.807) is 0 Å². The van der Waals surface area contributed by atoms with Gasteiger partial charge < -0.3 is 8.98 Å². The van der Waals surface area contributed by atoms with Crippen LogP contribution in [0.2, 0.25) is 17.3 Å². The molecule has 0 atom stereocenters. The zero-order chi connectivity index (χ0) is 40.6. The zero-order valence-corrected chi connectivity index (χ0v) is 39.9. The average Bonchev–Trinajstić information content (AvgIpc) is 3.77. The molecule has 0 fully saturated rings. The Kier molecular flexibility index (Phi) is 13.0. The van der Waals surface area contributed by atoms with Crippen LogP contribution in [-0.4, -0.2) is 27.8 Å². The molecular weight excluding hydrogens is 947 g/mol. The maximum atomic E-state index is 6.36. The number of hydrogen-bond acceptors (Lipinski definition) is 3. The fraction of sp³-hybridized carbons (Fsp3) is 0.231. The Balaban J connectivity index is 0.000000202. The van der Waals surface area contributed by atoms with Crippen molar-refractivity contribution in [2.75, 3.05) is 0 Å². The minimum atomic E-state index is -2.04. The first kappa shape index (κ1) is 42.8. The molecule has 0 unspecified atom stereocenters. The van der Waals surface area contributed by atoms with Crippen LogP contribution in [0.4, 0.5) is 0 Å². The van der Waals surface area contributed by atoms with Crippen molar-refractivity contribution in [3.8, 4) is 33.8 Å². The summed E-state index contributed by atoms with van der Waals surface area (Å²) in [6, 6.07) is 44.1. The van der Waals surface area contributed by atoms with E-state index in [-0.39, 0.29) is 20.1 Å². The monoisotopic (exact) mass is 1000 g/mol. The Morgan fingerprint density at radius 3 is 2.14 bits per heavy atom. The van der Waals surface area contributed by atoms with Crippen molar-refractivity contribution in [2.24, 2.45) is 11.8 Å². The number of aryl methyl sites for hydroxylation is 2. The Hall–Kier alpha value is -4.81. The number of para-hydroxylation sites is 3. The number of imidazole rings is 1. The second kappa shape index (κ2) is 17.6. The van der Waals surface area contributed by atoms with Crippen molar-refractivity contribution >= 4 is 56.3 Å². The van der Waals surface area contributed by atoms with E-state index in [0.29, 0.717) is 11.8 Å². The first-order valence-electron chi connectivity index (χ1n) is 20.0. The van der Waals surface area contributed by atoms with Gasteiger partial charge in [0.1, 0.15) is 5.58 Å². The second-order valence-electron chi connectivity index (χ2n) is 16.7. The summed E-state index contributed by atoms with van der Waals surface area (Å²) < 4.78 is 10.1. The smallest absolute Gasteiger partial charge is 0 e. The number of rotatable bonds is 8. The third-order valence-corrected chi connectivity index (χ3v) is 15.3. The first-order valence-corrected chi connectivity index (χ1v) is 27.3. The van der Waals surface area contributed by atoms with Gasteiger partial charge in [0.2, 0.25) is 0 Å². The van der Waals surface area contributed by atoms with Crippen LogP contribution in [0.3, 0.4) is 0 Å². The molecule has 297 valence electrons. The van der Waals surface area contributed by atoms with Crippen molar-refractivity contribution < 1.29 is 24.5 Å². The number of furan rings is 1. The van der Waals surface area contributed by atoms with Crippen molar-refractivity contribution in [1.82, 2.24) is 14.5 Å². The molecule has 0 aliphatic rings. The quantitative estimate of drug-likeness (QED) is 0.0865. The van der Waals surface area contributed by atoms with Gasteiger partial charge in [0.25, 0.3) is 0 Å². The molecule has 0 saturated carbocycles. The van der Waals surface area contributed by atoms with Crippen LogP contribution in [0.5, 0.6) is 0 Å². The molecule has 0 saturated heterocycles. The molecule has 0 bridgehead atoms. The Morgan fingerprint density at radius 2 is 1.47 bits per heavy atom. The second-order valence-corrected chi connectivity index (χ2v) is 27.3. The average molecular weight is 1000 g/mol. The van der Waals surface area contributed by atoms with E-state index in [4.69, 9.17) is 14.4 Å². The van der Waals surface area contributed by atoms with Gasteiger partial charge in [0, 0.05) is 31.2 Å². The van der Waals surface area contributed by atoms with E-state index < -0.39 is 13.3 Å². The Labute approximate surface area is 360 Å². The summed E-state index contributed by atoms with van der Waals surface area (Å²) in [6.45, 7) is 20.0. The van der Waals surface area contributed by atoms with Crippen LogP contribution >= 0.6 is 0 Å². The van der Waals surface area contributed by atoms with E-state index >= 15 is 0 Å². The third kappa shape index (κ3) is 8.36. The van der Waals surface area contributed by atoms with Crippen LogP contribution in [0.1, 0.15) is 45.7 Å². The number of hydrogen-bond donors (Lipinski definition) is 0. The van der Waals surface area contributed by atoms with Gasteiger partial charge in [0.05, 0.1) is 22.4 Å². The summed E-state index contributed by atoms with van der Waals surface area (Å²) in [4.78, 5) is 9.88. The van der Waals surface area contributed by atoms with Crippen molar-refractivity contribution in [2.45, 2.75) is 65.7 Å². The molecule has 3 heterocycles. The maximum Gasteiger partial charge on any atom is 0 e. The summed E-state index contributed by atoms with van der Waals surface area (Å²) in [5, 5.41) is 2.18. The molecule has 5 aromatic carbocycles. The zero-order valence-electron chi connectivity index (χ0n) is 35.4. The number of benzene rings is 5. The summed E-state index contributed by atoms with van der Waals surface area (Å²) in [5.41, 5.74) is 15.5. The van der Waals surface area contributed by atoms with E-state index in [2.05, 4.69) is 156 Å². The number of fused-ring (bicyclic) bond motifs is 4. The van der Waals surface area contributed by atoms with Gasteiger partial charge >= 0.3 is 148 Å². The molecule has 0 aliphatic carbocycles. The molecule has 8 aromatic rings. The molecule has 1 radical (unpaired) electrons. The van der Waals surface area contributed by atoms with Gasteiger partial charge in [-0.3, -0.25) is 4.98 Å². The van der Waals surface area contributed by atoms with E-state index in [9.17, 15) is 0 Å². The minimum Gasteiger partial charge on any atom is 0 e. The fourth-order valence-electron chi connectivity index (χ4n) is 7.60. The van der Waals surface area contributed by atoms with Gasteiger partial charge in [-0.25, -0.2) is 0 Å². The first-order chi connectivity index (χ1) is 27.3. The molecule has 3 aromatic heterocycles. The summed E-state index contributed by atoms with van der Waals surface area (Å²) in [7, 11) is 0. The normalized spacial score (nSPS) is 12.1. The number of nitrogens with zero attached hydrogens (tertiary/aromatic N) is 3. The van der Waals surface area contributed by atoms with Crippen molar-refractivity contribution in [1.29, 1.82) is 0 Å². The molecule has 0 spiro atoms. The maximum absolute atomic E-state index is 6.36. The number of allylic oxidation sites excluding steroid dienone is 3. The predicted octanol–water partition coefficient (Wildman–Crippen LogP) is 13.9. The van der Waals surface area contributed by atoms with Crippen molar-refractivity contribution in [3.05, 3.63) is 156 Å². The van der Waals surface area contributed by atoms with Gasteiger partial charge in [-0.2, -0.15) is 0 Å². The Morgan fingerprint density at radius 1 is 0.776 bits per heavy atom. The molecular formula is C52H53GeIrN3O-2. The molecule has 0 aliphatic heterocycles. The summed E-state index contributed by atoms with van der Waals surface area (Å²) in [5.74, 6) is 8.80. The van der Waals surface area contributed by atoms with Crippen LogP contribution < -0.4 is 4.40 Å². The van der Waals surface area contributed by atoms with Crippen LogP contribution in [0.15, 0.2) is 138 Å². The molecule has 8 rings (SSSR count). The van der Waals surface area contributed by atoms with Gasteiger partial charge in [-0.1, -0.05) is 75.6 Å². The molecule has 4 nitrogen and oxygen atoms in total. The summed E-state index contributed by atoms with van der Waals surface area (Å²) in [6.07, 6.45) is 2.12. The van der Waals surface area contributed by atoms with E-state index in [1.165, 1.54) is 32.2 Å². The molecule has 0 amide bonds. The topological polar surface area (TPSA) is 43.9 Å². The molecule has 6 heteroatoms. The third-order valence-electron chi connectivity index (χ3n) is 11.0. The Bertz CT molecular complexity index is 2760. The number of aromatic nitrogens is 3. The van der Waals surface area contributed by atoms with Gasteiger partial charge in [-0.15, -0.1) is 18.2 Å². The van der Waals surface area contributed by atoms with Crippen molar-refractivity contribution in [3.63, 3.8) is 0 Å². The van der Waals surface area contributed by atoms with Crippen LogP contribution in [0.25, 0.3) is 72.4 Å². The minimum absolute atomic E-state index is 0. The standard InChI is InChI=1S/C30H29N2O.C22H24GeN.Ir/c1-18(2)20(5)28(21(6)19(3)4)32-26-16-9-8-15-25(26)31-30(32)24-14-11-13-23-22-12-7-10-17-27(22)33-29(23)24;1-16-10-9-11-17(2)22(16)19-14-21(18-12-7-6-8-13-18)24-15-20(19)23(3,4)5;/h7-13,15-19H,5H2,1-4,6H3;6-12,14-15H,1-5H3;/q2*-1;/b28-21-;;. The van der Waals surface area contributed by atoms with E-state index in [1.807, 2.05) is 48.5 Å². The molecule has 58 heavy (non-hydrogen) atoms. The summed E-state index contributed by atoms with van der Waals surface area (Å²) >= 11 is -2.04. The van der Waals surface area contributed by atoms with Gasteiger partial charge in [0.15, 0.2) is 0 Å². The van der Waals surface area contributed by atoms with E-state index in [0.717, 1.165) is 66.9 Å². The van der Waals surface area contributed by atoms with Crippen LogP contribution in [0, 0.1) is 37.8 Å². The van der Waals surface area contributed by atoms with Crippen LogP contribution in [-0.2, 0) is 20.1 Å². The largest absolute Gasteiger partial charge is 0 e.